The van der Waals surface area contributed by atoms with Gasteiger partial charge in [-0.25, -0.2) is 0 Å². The van der Waals surface area contributed by atoms with Crippen LogP contribution in [0.2, 0.25) is 0 Å². The minimum absolute atomic E-state index is 0.00000117. The molecule has 2 N–H and O–H groups in total. The third-order valence-electron chi connectivity index (χ3n) is 6.79. The molecule has 0 saturated heterocycles. The number of carbonyl (C=O) groups is 3. The molecule has 2 aliphatic rings. The average molecular weight is 433 g/mol. The molecule has 2 aliphatic carbocycles. The molecule has 0 radical (unpaired) electrons. The molecule has 2 aromatic carbocycles. The lowest BCUT2D eigenvalue weighted by atomic mass is 9.88. The molecule has 0 unspecified atom stereocenters. The zero-order valence-corrected chi connectivity index (χ0v) is 18.6. The summed E-state index contributed by atoms with van der Waals surface area (Å²) in [5.41, 5.74) is 2.16. The van der Waals surface area contributed by atoms with Crippen LogP contribution >= 0.6 is 0 Å². The van der Waals surface area contributed by atoms with E-state index >= 15 is 0 Å². The highest BCUT2D eigenvalue weighted by Crippen LogP contribution is 2.31. The van der Waals surface area contributed by atoms with Crippen LogP contribution in [0.4, 0.5) is 11.4 Å². The molecule has 32 heavy (non-hydrogen) atoms. The number of anilines is 2. The average Bonchev–Trinajstić information content (AvgIpc) is 2.86. The van der Waals surface area contributed by atoms with Gasteiger partial charge >= 0.3 is 0 Å². The van der Waals surface area contributed by atoms with Crippen LogP contribution in [0.1, 0.15) is 80.1 Å². The molecule has 168 valence electrons. The van der Waals surface area contributed by atoms with Gasteiger partial charge in [-0.2, -0.15) is 0 Å². The predicted molar refractivity (Wildman–Crippen MR) is 127 cm³/mol. The van der Waals surface area contributed by atoms with Crippen molar-refractivity contribution in [3.63, 3.8) is 0 Å². The summed E-state index contributed by atoms with van der Waals surface area (Å²) in [6, 6.07) is 14.3. The van der Waals surface area contributed by atoms with E-state index in [4.69, 9.17) is 0 Å². The van der Waals surface area contributed by atoms with Gasteiger partial charge in [0.25, 0.3) is 0 Å². The van der Waals surface area contributed by atoms with Crippen LogP contribution in [-0.2, 0) is 9.59 Å². The first-order valence-electron chi connectivity index (χ1n) is 12.0. The summed E-state index contributed by atoms with van der Waals surface area (Å²) >= 11 is 0. The number of amides is 2. The van der Waals surface area contributed by atoms with Crippen LogP contribution in [0.15, 0.2) is 48.5 Å². The minimum Gasteiger partial charge on any atom is -0.324 e. The second kappa shape index (κ2) is 10.6. The third kappa shape index (κ3) is 5.45. The molecule has 0 aromatic heterocycles. The van der Waals surface area contributed by atoms with Crippen LogP contribution < -0.4 is 10.6 Å². The van der Waals surface area contributed by atoms with E-state index in [0.717, 1.165) is 51.4 Å². The number of rotatable bonds is 6. The molecule has 2 saturated carbocycles. The molecule has 2 aromatic rings. The second-order valence-electron chi connectivity index (χ2n) is 9.10. The Bertz CT molecular complexity index is 958. The van der Waals surface area contributed by atoms with Crippen molar-refractivity contribution in [2.45, 2.75) is 64.2 Å². The van der Waals surface area contributed by atoms with Crippen molar-refractivity contribution in [2.75, 3.05) is 10.6 Å². The molecular formula is C27H32N2O3. The zero-order chi connectivity index (χ0) is 22.3. The van der Waals surface area contributed by atoms with Gasteiger partial charge in [-0.15, -0.1) is 0 Å². The Morgan fingerprint density at radius 2 is 1.12 bits per heavy atom. The Balaban J connectivity index is 1.58. The van der Waals surface area contributed by atoms with E-state index in [9.17, 15) is 14.4 Å². The van der Waals surface area contributed by atoms with Gasteiger partial charge < -0.3 is 10.6 Å². The molecule has 0 atom stereocenters. The first kappa shape index (κ1) is 22.3. The van der Waals surface area contributed by atoms with Gasteiger partial charge in [0.05, 0.1) is 11.4 Å². The summed E-state index contributed by atoms with van der Waals surface area (Å²) in [7, 11) is 0. The van der Waals surface area contributed by atoms with E-state index in [1.165, 1.54) is 12.8 Å². The maximum absolute atomic E-state index is 13.0. The zero-order valence-electron chi connectivity index (χ0n) is 18.6. The topological polar surface area (TPSA) is 75.3 Å². The van der Waals surface area contributed by atoms with Crippen LogP contribution in [0, 0.1) is 11.8 Å². The number of benzene rings is 2. The Morgan fingerprint density at radius 3 is 1.69 bits per heavy atom. The lowest BCUT2D eigenvalue weighted by Crippen LogP contribution is -2.27. The number of nitrogens with one attached hydrogen (secondary N) is 2. The lowest BCUT2D eigenvalue weighted by Gasteiger charge is -2.23. The molecule has 0 aliphatic heterocycles. The van der Waals surface area contributed by atoms with E-state index in [-0.39, 0.29) is 29.4 Å². The molecule has 5 nitrogen and oxygen atoms in total. The fourth-order valence-corrected chi connectivity index (χ4v) is 4.85. The van der Waals surface area contributed by atoms with Gasteiger partial charge in [0, 0.05) is 23.0 Å². The highest BCUT2D eigenvalue weighted by molar-refractivity contribution is 6.11. The predicted octanol–water partition coefficient (Wildman–Crippen LogP) is 5.96. The summed E-state index contributed by atoms with van der Waals surface area (Å²) in [6.45, 7) is 0. The summed E-state index contributed by atoms with van der Waals surface area (Å²) < 4.78 is 0. The van der Waals surface area contributed by atoms with Gasteiger partial charge in [-0.1, -0.05) is 68.9 Å². The number of hydrogen-bond donors (Lipinski definition) is 2. The molecule has 0 heterocycles. The quantitative estimate of drug-likeness (QED) is 0.554. The minimum atomic E-state index is -0.107. The van der Waals surface area contributed by atoms with Crippen LogP contribution in [-0.4, -0.2) is 17.6 Å². The van der Waals surface area contributed by atoms with Crippen molar-refractivity contribution in [2.24, 2.45) is 11.8 Å². The maximum atomic E-state index is 13.0. The fourth-order valence-electron chi connectivity index (χ4n) is 4.85. The molecule has 0 bridgehead atoms. The lowest BCUT2D eigenvalue weighted by molar-refractivity contribution is -0.121. The molecule has 0 spiro atoms. The smallest absolute Gasteiger partial charge is 0.227 e. The largest absolute Gasteiger partial charge is 0.324 e. The first-order valence-corrected chi connectivity index (χ1v) is 12.0. The summed E-state index contributed by atoms with van der Waals surface area (Å²) in [5, 5.41) is 6.06. The summed E-state index contributed by atoms with van der Waals surface area (Å²) in [6.07, 6.45) is 10.2. The van der Waals surface area contributed by atoms with Crippen molar-refractivity contribution >= 4 is 29.0 Å². The molecular weight excluding hydrogens is 400 g/mol. The molecule has 2 amide bonds. The number of carbonyl (C=O) groups excluding carboxylic acids is 3. The van der Waals surface area contributed by atoms with Crippen molar-refractivity contribution in [3.8, 4) is 0 Å². The van der Waals surface area contributed by atoms with Gasteiger partial charge in [-0.3, -0.25) is 14.4 Å². The van der Waals surface area contributed by atoms with E-state index in [2.05, 4.69) is 10.6 Å². The highest BCUT2D eigenvalue weighted by atomic mass is 16.2. The SMILES string of the molecule is O=C(c1ccccc1)c1ccc(NC(=O)C2CCCCC2)c(NC(=O)C2CCCCC2)c1. The Kier molecular flexibility index (Phi) is 7.35. The van der Waals surface area contributed by atoms with Crippen LogP contribution in [0.25, 0.3) is 0 Å². The van der Waals surface area contributed by atoms with Gasteiger partial charge in [-0.05, 0) is 43.9 Å². The van der Waals surface area contributed by atoms with Gasteiger partial charge in [0.1, 0.15) is 0 Å². The fraction of sp³-hybridized carbons (Fsp3) is 0.444. The molecule has 4 rings (SSSR count). The number of ketones is 1. The van der Waals surface area contributed by atoms with Crippen LogP contribution in [0.5, 0.6) is 0 Å². The van der Waals surface area contributed by atoms with Gasteiger partial charge in [0.15, 0.2) is 5.78 Å². The van der Waals surface area contributed by atoms with E-state index in [1.807, 2.05) is 18.2 Å². The van der Waals surface area contributed by atoms with Gasteiger partial charge in [0.2, 0.25) is 11.8 Å². The van der Waals surface area contributed by atoms with Crippen molar-refractivity contribution in [1.82, 2.24) is 0 Å². The Labute approximate surface area is 190 Å². The third-order valence-corrected chi connectivity index (χ3v) is 6.79. The van der Waals surface area contributed by atoms with Crippen molar-refractivity contribution in [3.05, 3.63) is 59.7 Å². The Morgan fingerprint density at radius 1 is 0.594 bits per heavy atom. The molecule has 2 fully saturated rings. The van der Waals surface area contributed by atoms with E-state index < -0.39 is 0 Å². The Hall–Kier alpha value is -2.95. The highest BCUT2D eigenvalue weighted by Gasteiger charge is 2.25. The van der Waals surface area contributed by atoms with E-state index in [0.29, 0.717) is 22.5 Å². The summed E-state index contributed by atoms with van der Waals surface area (Å²) in [4.78, 5) is 38.8. The second-order valence-corrected chi connectivity index (χ2v) is 9.10. The normalized spacial score (nSPS) is 17.5. The summed E-state index contributed by atoms with van der Waals surface area (Å²) in [5.74, 6) is -0.138. The standard InChI is InChI=1S/C27H32N2O3/c30-25(19-10-4-1-5-11-19)22-16-17-23(28-26(31)20-12-6-2-7-13-20)24(18-22)29-27(32)21-14-8-3-9-15-21/h1,4-5,10-11,16-18,20-21H,2-3,6-9,12-15H2,(H,28,31)(H,29,32). The van der Waals surface area contributed by atoms with E-state index in [1.54, 1.807) is 30.3 Å². The van der Waals surface area contributed by atoms with Crippen LogP contribution in [0.3, 0.4) is 0 Å². The molecule has 5 heteroatoms. The van der Waals surface area contributed by atoms with Crippen molar-refractivity contribution < 1.29 is 14.4 Å². The van der Waals surface area contributed by atoms with Crippen molar-refractivity contribution in [1.29, 1.82) is 0 Å². The first-order chi connectivity index (χ1) is 15.6. The monoisotopic (exact) mass is 432 g/mol. The number of hydrogen-bond acceptors (Lipinski definition) is 3. The maximum Gasteiger partial charge on any atom is 0.227 e.